The maximum absolute atomic E-state index is 6.02. The van der Waals surface area contributed by atoms with Crippen molar-refractivity contribution in [2.24, 2.45) is 17.3 Å². The summed E-state index contributed by atoms with van der Waals surface area (Å²) in [5, 5.41) is 0. The van der Waals surface area contributed by atoms with Gasteiger partial charge in [0.2, 0.25) is 0 Å². The number of allylic oxidation sites excluding steroid dienone is 2. The van der Waals surface area contributed by atoms with Gasteiger partial charge in [0.15, 0.2) is 6.29 Å². The van der Waals surface area contributed by atoms with E-state index in [0.717, 1.165) is 29.2 Å². The third-order valence-electron chi connectivity index (χ3n) is 4.81. The standard InChI is InChI=1S/C16H17BrO2/c17-14-5-2-12(3-6-14)15-18-9-16(10-19-15)8-11-1-4-13(16)7-11/h1-6,11,13,15H,7-10H2. The monoisotopic (exact) mass is 320 g/mol. The molecule has 1 spiro atoms. The fourth-order valence-electron chi connectivity index (χ4n) is 3.77. The minimum absolute atomic E-state index is 0.193. The Morgan fingerprint density at radius 2 is 1.79 bits per heavy atom. The first kappa shape index (κ1) is 12.1. The molecular weight excluding hydrogens is 304 g/mol. The highest BCUT2D eigenvalue weighted by Crippen LogP contribution is 2.54. The Balaban J connectivity index is 1.48. The number of rotatable bonds is 1. The molecule has 3 heteroatoms. The van der Waals surface area contributed by atoms with Crippen molar-refractivity contribution in [1.82, 2.24) is 0 Å². The number of benzene rings is 1. The van der Waals surface area contributed by atoms with Crippen molar-refractivity contribution in [2.45, 2.75) is 19.1 Å². The largest absolute Gasteiger partial charge is 0.348 e. The molecule has 1 aliphatic heterocycles. The average molecular weight is 321 g/mol. The van der Waals surface area contributed by atoms with Crippen LogP contribution in [0.5, 0.6) is 0 Å². The first-order valence-electron chi connectivity index (χ1n) is 6.92. The van der Waals surface area contributed by atoms with Gasteiger partial charge in [0.05, 0.1) is 13.2 Å². The maximum Gasteiger partial charge on any atom is 0.183 e. The lowest BCUT2D eigenvalue weighted by Crippen LogP contribution is -2.41. The van der Waals surface area contributed by atoms with Crippen molar-refractivity contribution in [3.8, 4) is 0 Å². The molecule has 19 heavy (non-hydrogen) atoms. The van der Waals surface area contributed by atoms with Gasteiger partial charge in [-0.05, 0) is 36.8 Å². The SMILES string of the molecule is Brc1ccc(C2OCC3(CO2)CC2C=CC3C2)cc1. The Kier molecular flexibility index (Phi) is 2.83. The lowest BCUT2D eigenvalue weighted by molar-refractivity contribution is -0.239. The highest BCUT2D eigenvalue weighted by Gasteiger charge is 2.51. The zero-order valence-corrected chi connectivity index (χ0v) is 12.3. The van der Waals surface area contributed by atoms with Crippen LogP contribution in [-0.2, 0) is 9.47 Å². The van der Waals surface area contributed by atoms with E-state index in [-0.39, 0.29) is 11.7 Å². The van der Waals surface area contributed by atoms with E-state index in [2.05, 4.69) is 40.2 Å². The molecule has 4 rings (SSSR count). The van der Waals surface area contributed by atoms with Gasteiger partial charge >= 0.3 is 0 Å². The van der Waals surface area contributed by atoms with E-state index in [1.165, 1.54) is 12.8 Å². The topological polar surface area (TPSA) is 18.5 Å². The van der Waals surface area contributed by atoms with Crippen LogP contribution < -0.4 is 0 Å². The molecule has 1 aromatic rings. The molecule has 0 radical (unpaired) electrons. The van der Waals surface area contributed by atoms with Crippen LogP contribution in [0, 0.1) is 17.3 Å². The second kappa shape index (κ2) is 4.44. The van der Waals surface area contributed by atoms with Gasteiger partial charge in [-0.1, -0.05) is 40.2 Å². The van der Waals surface area contributed by atoms with E-state index in [1.807, 2.05) is 12.1 Å². The first-order chi connectivity index (χ1) is 9.25. The van der Waals surface area contributed by atoms with Crippen molar-refractivity contribution in [3.05, 3.63) is 46.5 Å². The molecular formula is C16H17BrO2. The van der Waals surface area contributed by atoms with Gasteiger partial charge in [0.1, 0.15) is 0 Å². The van der Waals surface area contributed by atoms with Gasteiger partial charge in [0.25, 0.3) is 0 Å². The highest BCUT2D eigenvalue weighted by atomic mass is 79.9. The molecule has 0 N–H and O–H groups in total. The zero-order chi connectivity index (χ0) is 12.9. The Bertz CT molecular complexity index is 500. The summed E-state index contributed by atoms with van der Waals surface area (Å²) in [6, 6.07) is 8.19. The van der Waals surface area contributed by atoms with Crippen LogP contribution in [-0.4, -0.2) is 13.2 Å². The molecule has 3 aliphatic rings. The van der Waals surface area contributed by atoms with Gasteiger partial charge in [0, 0.05) is 15.5 Å². The van der Waals surface area contributed by atoms with Gasteiger partial charge in [-0.2, -0.15) is 0 Å². The third-order valence-corrected chi connectivity index (χ3v) is 5.34. The van der Waals surface area contributed by atoms with Crippen molar-refractivity contribution in [1.29, 1.82) is 0 Å². The fraction of sp³-hybridized carbons (Fsp3) is 0.500. The second-order valence-corrected chi connectivity index (χ2v) is 6.97. The third kappa shape index (κ3) is 1.99. The molecule has 1 aromatic carbocycles. The normalized spacial score (nSPS) is 40.2. The number of hydrogen-bond donors (Lipinski definition) is 0. The minimum Gasteiger partial charge on any atom is -0.348 e. The van der Waals surface area contributed by atoms with E-state index < -0.39 is 0 Å². The van der Waals surface area contributed by atoms with Crippen molar-refractivity contribution < 1.29 is 9.47 Å². The van der Waals surface area contributed by atoms with Gasteiger partial charge in [-0.3, -0.25) is 0 Å². The summed E-state index contributed by atoms with van der Waals surface area (Å²) in [6.07, 6.45) is 7.09. The van der Waals surface area contributed by atoms with Crippen molar-refractivity contribution >= 4 is 15.9 Å². The molecule has 2 fully saturated rings. The maximum atomic E-state index is 6.02. The molecule has 2 bridgehead atoms. The van der Waals surface area contributed by atoms with Crippen molar-refractivity contribution in [2.75, 3.05) is 13.2 Å². The summed E-state index contributed by atoms with van der Waals surface area (Å²) in [7, 11) is 0. The Morgan fingerprint density at radius 1 is 1.05 bits per heavy atom. The average Bonchev–Trinajstić information content (AvgIpc) is 3.02. The van der Waals surface area contributed by atoms with E-state index in [1.54, 1.807) is 0 Å². The summed E-state index contributed by atoms with van der Waals surface area (Å²) in [5.41, 5.74) is 1.36. The quantitative estimate of drug-likeness (QED) is 0.726. The molecule has 0 aromatic heterocycles. The molecule has 100 valence electrons. The highest BCUT2D eigenvalue weighted by molar-refractivity contribution is 9.10. The summed E-state index contributed by atoms with van der Waals surface area (Å²) < 4.78 is 13.1. The second-order valence-electron chi connectivity index (χ2n) is 6.06. The molecule has 2 unspecified atom stereocenters. The molecule has 2 nitrogen and oxygen atoms in total. The van der Waals surface area contributed by atoms with E-state index >= 15 is 0 Å². The predicted octanol–water partition coefficient (Wildman–Crippen LogP) is 4.08. The van der Waals surface area contributed by atoms with Gasteiger partial charge < -0.3 is 9.47 Å². The van der Waals surface area contributed by atoms with E-state index in [9.17, 15) is 0 Å². The summed E-state index contributed by atoms with van der Waals surface area (Å²) in [4.78, 5) is 0. The smallest absolute Gasteiger partial charge is 0.183 e. The Morgan fingerprint density at radius 3 is 2.37 bits per heavy atom. The van der Waals surface area contributed by atoms with Crippen LogP contribution in [0.25, 0.3) is 0 Å². The van der Waals surface area contributed by atoms with Crippen LogP contribution in [0.2, 0.25) is 0 Å². The Labute approximate surface area is 121 Å². The van der Waals surface area contributed by atoms with Crippen LogP contribution in [0.15, 0.2) is 40.9 Å². The molecule has 0 amide bonds. The van der Waals surface area contributed by atoms with Crippen molar-refractivity contribution in [3.63, 3.8) is 0 Å². The first-order valence-corrected chi connectivity index (χ1v) is 7.71. The molecule has 2 atom stereocenters. The molecule has 1 saturated heterocycles. The van der Waals surface area contributed by atoms with Gasteiger partial charge in [-0.25, -0.2) is 0 Å². The summed E-state index contributed by atoms with van der Waals surface area (Å²) >= 11 is 3.45. The number of ether oxygens (including phenoxy) is 2. The van der Waals surface area contributed by atoms with Crippen LogP contribution in [0.1, 0.15) is 24.7 Å². The number of halogens is 1. The number of fused-ring (bicyclic) bond motifs is 3. The molecule has 1 saturated carbocycles. The Hall–Kier alpha value is -0.640. The fourth-order valence-corrected chi connectivity index (χ4v) is 4.04. The minimum atomic E-state index is -0.193. The van der Waals surface area contributed by atoms with Gasteiger partial charge in [-0.15, -0.1) is 0 Å². The number of hydrogen-bond acceptors (Lipinski definition) is 2. The predicted molar refractivity (Wildman–Crippen MR) is 76.6 cm³/mol. The lowest BCUT2D eigenvalue weighted by atomic mass is 9.76. The van der Waals surface area contributed by atoms with E-state index in [0.29, 0.717) is 5.92 Å². The summed E-state index contributed by atoms with van der Waals surface area (Å²) in [6.45, 7) is 1.67. The van der Waals surface area contributed by atoms with Crippen LogP contribution >= 0.6 is 15.9 Å². The lowest BCUT2D eigenvalue weighted by Gasteiger charge is -2.41. The van der Waals surface area contributed by atoms with Crippen LogP contribution in [0.4, 0.5) is 0 Å². The van der Waals surface area contributed by atoms with E-state index in [4.69, 9.17) is 9.47 Å². The zero-order valence-electron chi connectivity index (χ0n) is 10.7. The summed E-state index contributed by atoms with van der Waals surface area (Å²) in [5.74, 6) is 1.43. The molecule has 1 heterocycles. The van der Waals surface area contributed by atoms with Crippen LogP contribution in [0.3, 0.4) is 0 Å². The molecule has 2 aliphatic carbocycles.